The van der Waals surface area contributed by atoms with E-state index in [0.717, 1.165) is 18.9 Å². The zero-order valence-corrected chi connectivity index (χ0v) is 13.2. The van der Waals surface area contributed by atoms with Crippen LogP contribution in [0.4, 0.5) is 4.39 Å². The third-order valence-corrected chi connectivity index (χ3v) is 6.81. The summed E-state index contributed by atoms with van der Waals surface area (Å²) in [4.78, 5) is 0.0190. The van der Waals surface area contributed by atoms with Gasteiger partial charge in [-0.25, -0.2) is 12.8 Å². The van der Waals surface area contributed by atoms with Gasteiger partial charge in [-0.1, -0.05) is 0 Å². The molecule has 2 saturated heterocycles. The van der Waals surface area contributed by atoms with E-state index in [1.54, 1.807) is 4.31 Å². The van der Waals surface area contributed by atoms with Gasteiger partial charge < -0.3 is 5.73 Å². The Bertz CT molecular complexity index is 623. The molecule has 2 heterocycles. The molecule has 2 unspecified atom stereocenters. The summed E-state index contributed by atoms with van der Waals surface area (Å²) in [6.07, 6.45) is 3.07. The lowest BCUT2D eigenvalue weighted by molar-refractivity contribution is 0.227. The molecule has 0 saturated carbocycles. The topological polar surface area (TPSA) is 63.4 Å². The van der Waals surface area contributed by atoms with Crippen LogP contribution in [-0.2, 0) is 10.0 Å². The summed E-state index contributed by atoms with van der Waals surface area (Å²) < 4.78 is 40.9. The number of sulfonamides is 1. The predicted octanol–water partition coefficient (Wildman–Crippen LogP) is 2.23. The molecule has 0 aliphatic carbocycles. The highest BCUT2D eigenvalue weighted by atomic mass is 79.9. The van der Waals surface area contributed by atoms with Crippen molar-refractivity contribution in [3.05, 3.63) is 28.5 Å². The number of fused-ring (bicyclic) bond motifs is 2. The standard InChI is InChI=1S/C13H16BrFN2O2S/c14-12-4-3-11(7-13(12)15)20(18,19)17-9-1-2-10(17)6-8(16)5-9/h3-4,7-10H,1-2,5-6,16H2. The average molecular weight is 363 g/mol. The van der Waals surface area contributed by atoms with E-state index in [4.69, 9.17) is 5.73 Å². The van der Waals surface area contributed by atoms with E-state index >= 15 is 0 Å². The number of halogens is 2. The number of nitrogens with zero attached hydrogens (tertiary/aromatic N) is 1. The lowest BCUT2D eigenvalue weighted by Gasteiger charge is -2.36. The van der Waals surface area contributed by atoms with E-state index in [2.05, 4.69) is 15.9 Å². The van der Waals surface area contributed by atoms with E-state index in [1.807, 2.05) is 0 Å². The summed E-state index contributed by atoms with van der Waals surface area (Å²) in [5, 5.41) is 0. The first-order valence-electron chi connectivity index (χ1n) is 6.64. The van der Waals surface area contributed by atoms with Crippen molar-refractivity contribution in [1.29, 1.82) is 0 Å². The summed E-state index contributed by atoms with van der Waals surface area (Å²) in [5.41, 5.74) is 5.96. The fourth-order valence-electron chi connectivity index (χ4n) is 3.33. The zero-order chi connectivity index (χ0) is 14.5. The van der Waals surface area contributed by atoms with Crippen molar-refractivity contribution in [2.45, 2.75) is 48.7 Å². The zero-order valence-electron chi connectivity index (χ0n) is 10.8. The van der Waals surface area contributed by atoms with Crippen molar-refractivity contribution in [2.24, 2.45) is 5.73 Å². The number of benzene rings is 1. The highest BCUT2D eigenvalue weighted by Crippen LogP contribution is 2.39. The van der Waals surface area contributed by atoms with Crippen molar-refractivity contribution in [3.8, 4) is 0 Å². The SMILES string of the molecule is NC1CC2CCC(C1)N2S(=O)(=O)c1ccc(Br)c(F)c1. The summed E-state index contributed by atoms with van der Waals surface area (Å²) in [6, 6.07) is 3.94. The number of rotatable bonds is 2. The van der Waals surface area contributed by atoms with Gasteiger partial charge in [0.1, 0.15) is 5.82 Å². The van der Waals surface area contributed by atoms with Gasteiger partial charge in [0.15, 0.2) is 0 Å². The van der Waals surface area contributed by atoms with E-state index in [9.17, 15) is 12.8 Å². The summed E-state index contributed by atoms with van der Waals surface area (Å²) in [6.45, 7) is 0. The molecule has 1 aromatic carbocycles. The molecule has 1 aromatic rings. The largest absolute Gasteiger partial charge is 0.328 e. The Kier molecular flexibility index (Phi) is 3.64. The highest BCUT2D eigenvalue weighted by Gasteiger charge is 2.46. The molecule has 2 bridgehead atoms. The Morgan fingerprint density at radius 1 is 1.25 bits per heavy atom. The Hall–Kier alpha value is -0.500. The molecule has 20 heavy (non-hydrogen) atoms. The van der Waals surface area contributed by atoms with Crippen molar-refractivity contribution in [3.63, 3.8) is 0 Å². The Labute approximate surface area is 126 Å². The maximum atomic E-state index is 13.6. The van der Waals surface area contributed by atoms with Gasteiger partial charge in [-0.3, -0.25) is 0 Å². The van der Waals surface area contributed by atoms with E-state index in [0.29, 0.717) is 12.8 Å². The van der Waals surface area contributed by atoms with Crippen LogP contribution in [0.2, 0.25) is 0 Å². The molecular weight excluding hydrogens is 347 g/mol. The van der Waals surface area contributed by atoms with Gasteiger partial charge in [-0.05, 0) is 59.8 Å². The molecule has 2 fully saturated rings. The fraction of sp³-hybridized carbons (Fsp3) is 0.538. The second-order valence-corrected chi connectivity index (χ2v) is 8.22. The molecule has 0 spiro atoms. The first-order chi connectivity index (χ1) is 9.39. The second kappa shape index (κ2) is 5.05. The first kappa shape index (κ1) is 14.4. The van der Waals surface area contributed by atoms with Crippen molar-refractivity contribution >= 4 is 26.0 Å². The minimum absolute atomic E-state index is 0.0190. The first-order valence-corrected chi connectivity index (χ1v) is 8.87. The number of hydrogen-bond donors (Lipinski definition) is 1. The lowest BCUT2D eigenvalue weighted by atomic mass is 10.0. The van der Waals surface area contributed by atoms with Crippen LogP contribution in [0.25, 0.3) is 0 Å². The van der Waals surface area contributed by atoms with Gasteiger partial charge in [0.2, 0.25) is 10.0 Å². The van der Waals surface area contributed by atoms with Crippen LogP contribution < -0.4 is 5.73 Å². The summed E-state index contributed by atoms with van der Waals surface area (Å²) >= 11 is 3.04. The van der Waals surface area contributed by atoms with Gasteiger partial charge in [0.05, 0.1) is 9.37 Å². The van der Waals surface area contributed by atoms with Crippen molar-refractivity contribution in [2.75, 3.05) is 0 Å². The number of piperidine rings is 1. The third kappa shape index (κ3) is 2.30. The number of hydrogen-bond acceptors (Lipinski definition) is 3. The molecule has 2 atom stereocenters. The van der Waals surface area contributed by atoms with Gasteiger partial charge >= 0.3 is 0 Å². The van der Waals surface area contributed by atoms with Gasteiger partial charge in [0.25, 0.3) is 0 Å². The fourth-order valence-corrected chi connectivity index (χ4v) is 5.48. The van der Waals surface area contributed by atoms with Gasteiger partial charge in [0, 0.05) is 18.1 Å². The molecule has 2 aliphatic rings. The van der Waals surface area contributed by atoms with Crippen molar-refractivity contribution < 1.29 is 12.8 Å². The molecule has 0 aromatic heterocycles. The van der Waals surface area contributed by atoms with Crippen LogP contribution in [0.3, 0.4) is 0 Å². The Morgan fingerprint density at radius 2 is 1.85 bits per heavy atom. The van der Waals surface area contributed by atoms with E-state index < -0.39 is 15.8 Å². The molecule has 2 aliphatic heterocycles. The predicted molar refractivity (Wildman–Crippen MR) is 77.1 cm³/mol. The molecule has 0 radical (unpaired) electrons. The normalized spacial score (nSPS) is 30.6. The Morgan fingerprint density at radius 3 is 2.40 bits per heavy atom. The molecular formula is C13H16BrFN2O2S. The minimum Gasteiger partial charge on any atom is -0.328 e. The molecule has 2 N–H and O–H groups in total. The van der Waals surface area contributed by atoms with Crippen molar-refractivity contribution in [1.82, 2.24) is 4.31 Å². The van der Waals surface area contributed by atoms with Gasteiger partial charge in [-0.15, -0.1) is 0 Å². The van der Waals surface area contributed by atoms with Crippen LogP contribution in [0.5, 0.6) is 0 Å². The minimum atomic E-state index is -3.64. The second-order valence-electron chi connectivity index (χ2n) is 5.53. The lowest BCUT2D eigenvalue weighted by Crippen LogP contribution is -2.49. The van der Waals surface area contributed by atoms with Crippen LogP contribution >= 0.6 is 15.9 Å². The summed E-state index contributed by atoms with van der Waals surface area (Å²) in [7, 11) is -3.64. The maximum Gasteiger partial charge on any atom is 0.243 e. The van der Waals surface area contributed by atoms with E-state index in [1.165, 1.54) is 12.1 Å². The third-order valence-electron chi connectivity index (χ3n) is 4.17. The van der Waals surface area contributed by atoms with Gasteiger partial charge in [-0.2, -0.15) is 4.31 Å². The summed E-state index contributed by atoms with van der Waals surface area (Å²) in [5.74, 6) is -0.563. The number of nitrogens with two attached hydrogens (primary N) is 1. The monoisotopic (exact) mass is 362 g/mol. The molecule has 110 valence electrons. The van der Waals surface area contributed by atoms with Crippen LogP contribution in [0.15, 0.2) is 27.6 Å². The smallest absolute Gasteiger partial charge is 0.243 e. The molecule has 7 heteroatoms. The van der Waals surface area contributed by atoms with Crippen LogP contribution in [-0.4, -0.2) is 30.8 Å². The average Bonchev–Trinajstić information content (AvgIpc) is 2.66. The molecule has 4 nitrogen and oxygen atoms in total. The molecule has 0 amide bonds. The molecule has 3 rings (SSSR count). The Balaban J connectivity index is 1.98. The maximum absolute atomic E-state index is 13.6. The van der Waals surface area contributed by atoms with E-state index in [-0.39, 0.29) is 27.5 Å². The highest BCUT2D eigenvalue weighted by molar-refractivity contribution is 9.10. The van der Waals surface area contributed by atoms with Crippen LogP contribution in [0.1, 0.15) is 25.7 Å². The van der Waals surface area contributed by atoms with Crippen LogP contribution in [0, 0.1) is 5.82 Å². The quantitative estimate of drug-likeness (QED) is 0.877.